The minimum atomic E-state index is -0.856. The summed E-state index contributed by atoms with van der Waals surface area (Å²) in [5, 5.41) is 14.4. The Kier molecular flexibility index (Phi) is 7.81. The monoisotopic (exact) mass is 493 g/mol. The number of hydrogen-bond acceptors (Lipinski definition) is 6. The average Bonchev–Trinajstić information content (AvgIpc) is 2.98. The number of benzene rings is 2. The lowest BCUT2D eigenvalue weighted by atomic mass is 9.94. The van der Waals surface area contributed by atoms with Crippen LogP contribution in [0, 0.1) is 0 Å². The zero-order valence-corrected chi connectivity index (χ0v) is 20.7. The third kappa shape index (κ3) is 5.84. The zero-order chi connectivity index (χ0) is 25.5. The largest absolute Gasteiger partial charge is 0.385 e. The Hall–Kier alpha value is -4.10. The molecule has 1 aliphatic heterocycles. The SMILES string of the molecule is O=C(c1cnc(NCCc2ccccc2)nc1-c1ccccc1)N1CCCCC1C(O)c1ccccn1. The normalized spacial score (nSPS) is 16.2. The summed E-state index contributed by atoms with van der Waals surface area (Å²) in [6.07, 6.45) is 5.81. The Morgan fingerprint density at radius 3 is 2.49 bits per heavy atom. The van der Waals surface area contributed by atoms with Crippen LogP contribution >= 0.6 is 0 Å². The predicted octanol–water partition coefficient (Wildman–Crippen LogP) is 4.92. The van der Waals surface area contributed by atoms with Crippen LogP contribution in [0.5, 0.6) is 0 Å². The summed E-state index contributed by atoms with van der Waals surface area (Å²) >= 11 is 0. The third-order valence-corrected chi connectivity index (χ3v) is 6.77. The van der Waals surface area contributed by atoms with E-state index in [4.69, 9.17) is 4.98 Å². The van der Waals surface area contributed by atoms with Crippen LogP contribution in [0.1, 0.15) is 47.0 Å². The van der Waals surface area contributed by atoms with Gasteiger partial charge in [0.05, 0.1) is 23.0 Å². The molecule has 0 radical (unpaired) electrons. The van der Waals surface area contributed by atoms with Gasteiger partial charge in [-0.1, -0.05) is 66.7 Å². The maximum atomic E-state index is 13.9. The second kappa shape index (κ2) is 11.8. The molecule has 1 saturated heterocycles. The first-order chi connectivity index (χ1) is 18.2. The van der Waals surface area contributed by atoms with E-state index in [1.165, 1.54) is 5.56 Å². The fourth-order valence-electron chi connectivity index (χ4n) is 4.84. The van der Waals surface area contributed by atoms with Gasteiger partial charge in [-0.05, 0) is 43.4 Å². The van der Waals surface area contributed by atoms with Crippen molar-refractivity contribution in [3.8, 4) is 11.3 Å². The quantitative estimate of drug-likeness (QED) is 0.362. The maximum absolute atomic E-state index is 13.9. The molecule has 1 aliphatic rings. The van der Waals surface area contributed by atoms with E-state index in [-0.39, 0.29) is 11.9 Å². The molecule has 1 fully saturated rings. The molecule has 2 N–H and O–H groups in total. The summed E-state index contributed by atoms with van der Waals surface area (Å²) < 4.78 is 0. The molecule has 4 aromatic rings. The van der Waals surface area contributed by atoms with Crippen molar-refractivity contribution in [2.24, 2.45) is 0 Å². The van der Waals surface area contributed by atoms with Crippen molar-refractivity contribution in [3.05, 3.63) is 108 Å². The topological polar surface area (TPSA) is 91.2 Å². The van der Waals surface area contributed by atoms with Crippen LogP contribution in [0.25, 0.3) is 11.3 Å². The summed E-state index contributed by atoms with van der Waals surface area (Å²) in [4.78, 5) is 29.3. The van der Waals surface area contributed by atoms with E-state index in [9.17, 15) is 9.90 Å². The fourth-order valence-corrected chi connectivity index (χ4v) is 4.84. The number of nitrogens with zero attached hydrogens (tertiary/aromatic N) is 4. The van der Waals surface area contributed by atoms with E-state index in [1.807, 2.05) is 60.7 Å². The molecule has 37 heavy (non-hydrogen) atoms. The van der Waals surface area contributed by atoms with Gasteiger partial charge >= 0.3 is 0 Å². The van der Waals surface area contributed by atoms with E-state index >= 15 is 0 Å². The predicted molar refractivity (Wildman–Crippen MR) is 144 cm³/mol. The van der Waals surface area contributed by atoms with Crippen molar-refractivity contribution in [2.75, 3.05) is 18.4 Å². The first-order valence-electron chi connectivity index (χ1n) is 12.8. The second-order valence-corrected chi connectivity index (χ2v) is 9.25. The van der Waals surface area contributed by atoms with Crippen molar-refractivity contribution in [1.82, 2.24) is 19.9 Å². The number of carbonyl (C=O) groups is 1. The fraction of sp³-hybridized carbons (Fsp3) is 0.267. The van der Waals surface area contributed by atoms with Crippen LogP contribution in [0.4, 0.5) is 5.95 Å². The van der Waals surface area contributed by atoms with Gasteiger partial charge < -0.3 is 15.3 Å². The first-order valence-corrected chi connectivity index (χ1v) is 12.8. The highest BCUT2D eigenvalue weighted by molar-refractivity contribution is 6.00. The summed E-state index contributed by atoms with van der Waals surface area (Å²) in [5.74, 6) is 0.310. The van der Waals surface area contributed by atoms with Crippen molar-refractivity contribution < 1.29 is 9.90 Å². The molecular weight excluding hydrogens is 462 g/mol. The molecule has 2 aromatic carbocycles. The van der Waals surface area contributed by atoms with Gasteiger partial charge in [-0.15, -0.1) is 0 Å². The van der Waals surface area contributed by atoms with Gasteiger partial charge in [0.2, 0.25) is 5.95 Å². The number of piperidine rings is 1. The molecule has 0 spiro atoms. The van der Waals surface area contributed by atoms with Gasteiger partial charge in [0.1, 0.15) is 6.10 Å². The van der Waals surface area contributed by atoms with Crippen LogP contribution < -0.4 is 5.32 Å². The van der Waals surface area contributed by atoms with E-state index < -0.39 is 6.10 Å². The number of rotatable bonds is 8. The molecule has 3 heterocycles. The summed E-state index contributed by atoms with van der Waals surface area (Å²) in [6, 6.07) is 25.1. The van der Waals surface area contributed by atoms with E-state index in [0.29, 0.717) is 42.4 Å². The lowest BCUT2D eigenvalue weighted by Gasteiger charge is -2.38. The van der Waals surface area contributed by atoms with Crippen molar-refractivity contribution in [1.29, 1.82) is 0 Å². The first kappa shape index (κ1) is 24.6. The number of aromatic nitrogens is 3. The lowest BCUT2D eigenvalue weighted by Crippen LogP contribution is -2.47. The van der Waals surface area contributed by atoms with Gasteiger partial charge in [-0.2, -0.15) is 0 Å². The highest BCUT2D eigenvalue weighted by Crippen LogP contribution is 2.31. The number of aliphatic hydroxyl groups is 1. The van der Waals surface area contributed by atoms with Crippen LogP contribution in [0.2, 0.25) is 0 Å². The van der Waals surface area contributed by atoms with Crippen LogP contribution in [0.3, 0.4) is 0 Å². The van der Waals surface area contributed by atoms with Gasteiger partial charge in [-0.3, -0.25) is 9.78 Å². The van der Waals surface area contributed by atoms with Gasteiger partial charge in [0.15, 0.2) is 0 Å². The van der Waals surface area contributed by atoms with Crippen LogP contribution in [-0.2, 0) is 6.42 Å². The summed E-state index contributed by atoms with van der Waals surface area (Å²) in [5.41, 5.74) is 3.66. The number of carbonyl (C=O) groups excluding carboxylic acids is 1. The van der Waals surface area contributed by atoms with Gasteiger partial charge in [0, 0.05) is 31.0 Å². The van der Waals surface area contributed by atoms with Crippen molar-refractivity contribution in [2.45, 2.75) is 37.8 Å². The Morgan fingerprint density at radius 1 is 0.973 bits per heavy atom. The van der Waals surface area contributed by atoms with E-state index in [0.717, 1.165) is 24.8 Å². The Morgan fingerprint density at radius 2 is 1.73 bits per heavy atom. The minimum absolute atomic E-state index is 0.172. The Balaban J connectivity index is 1.41. The average molecular weight is 494 g/mol. The van der Waals surface area contributed by atoms with E-state index in [2.05, 4.69) is 27.4 Å². The summed E-state index contributed by atoms with van der Waals surface area (Å²) in [6.45, 7) is 1.24. The molecule has 0 bridgehead atoms. The van der Waals surface area contributed by atoms with Crippen molar-refractivity contribution in [3.63, 3.8) is 0 Å². The molecule has 0 aliphatic carbocycles. The molecule has 2 aromatic heterocycles. The number of aliphatic hydroxyl groups excluding tert-OH is 1. The minimum Gasteiger partial charge on any atom is -0.385 e. The number of likely N-dealkylation sites (tertiary alicyclic amines) is 1. The molecule has 188 valence electrons. The van der Waals surface area contributed by atoms with Gasteiger partial charge in [-0.25, -0.2) is 9.97 Å². The number of pyridine rings is 1. The van der Waals surface area contributed by atoms with Crippen molar-refractivity contribution >= 4 is 11.9 Å². The third-order valence-electron chi connectivity index (χ3n) is 6.77. The molecule has 1 amide bonds. The Bertz CT molecular complexity index is 1300. The molecule has 2 atom stereocenters. The Labute approximate surface area is 217 Å². The number of hydrogen-bond donors (Lipinski definition) is 2. The number of anilines is 1. The van der Waals surface area contributed by atoms with E-state index in [1.54, 1.807) is 23.4 Å². The molecule has 7 heteroatoms. The van der Waals surface area contributed by atoms with Gasteiger partial charge in [0.25, 0.3) is 5.91 Å². The smallest absolute Gasteiger partial charge is 0.258 e. The number of amides is 1. The number of nitrogens with one attached hydrogen (secondary N) is 1. The van der Waals surface area contributed by atoms with Crippen LogP contribution in [0.15, 0.2) is 91.3 Å². The second-order valence-electron chi connectivity index (χ2n) is 9.25. The highest BCUT2D eigenvalue weighted by atomic mass is 16.3. The molecule has 0 saturated carbocycles. The summed E-state index contributed by atoms with van der Waals surface area (Å²) in [7, 11) is 0. The molecule has 7 nitrogen and oxygen atoms in total. The standard InChI is InChI=1S/C30H31N5O2/c36-28(25-15-7-9-18-31-25)26-16-8-10-20-35(26)29(37)24-21-33-30(32-19-17-22-11-3-1-4-12-22)34-27(24)23-13-5-2-6-14-23/h1-7,9,11-15,18,21,26,28,36H,8,10,16-17,19-20H2,(H,32,33,34). The molecular formula is C30H31N5O2. The lowest BCUT2D eigenvalue weighted by molar-refractivity contribution is 0.0197. The maximum Gasteiger partial charge on any atom is 0.258 e. The molecule has 2 unspecified atom stereocenters. The molecule has 5 rings (SSSR count). The van der Waals surface area contributed by atoms with Crippen LogP contribution in [-0.4, -0.2) is 50.0 Å². The highest BCUT2D eigenvalue weighted by Gasteiger charge is 2.35. The zero-order valence-electron chi connectivity index (χ0n) is 20.7.